The van der Waals surface area contributed by atoms with Gasteiger partial charge in [-0.25, -0.2) is 4.39 Å². The fraction of sp³-hybridized carbons (Fsp3) is 0.387. The molecule has 3 atom stereocenters. The summed E-state index contributed by atoms with van der Waals surface area (Å²) in [5, 5.41) is 14.5. The van der Waals surface area contributed by atoms with Crippen LogP contribution >= 0.6 is 0 Å². The topological polar surface area (TPSA) is 96.3 Å². The zero-order valence-corrected chi connectivity index (χ0v) is 23.0. The highest BCUT2D eigenvalue weighted by Crippen LogP contribution is 2.47. The van der Waals surface area contributed by atoms with Crippen molar-refractivity contribution in [3.63, 3.8) is 0 Å². The molecule has 0 spiro atoms. The molecule has 0 bridgehead atoms. The van der Waals surface area contributed by atoms with Crippen LogP contribution in [0.15, 0.2) is 42.6 Å². The van der Waals surface area contributed by atoms with Gasteiger partial charge in [0.15, 0.2) is 5.65 Å². The zero-order valence-electron chi connectivity index (χ0n) is 23.0. The van der Waals surface area contributed by atoms with Gasteiger partial charge in [-0.05, 0) is 62.4 Å². The molecule has 1 aromatic carbocycles. The summed E-state index contributed by atoms with van der Waals surface area (Å²) in [5.41, 5.74) is 3.79. The van der Waals surface area contributed by atoms with Crippen LogP contribution in [-0.2, 0) is 17.8 Å². The van der Waals surface area contributed by atoms with Gasteiger partial charge in [-0.15, -0.1) is 0 Å². The van der Waals surface area contributed by atoms with Gasteiger partial charge in [0.2, 0.25) is 5.91 Å². The monoisotopic (exact) mass is 540 g/mol. The summed E-state index contributed by atoms with van der Waals surface area (Å²) >= 11 is 0. The van der Waals surface area contributed by atoms with E-state index in [1.54, 1.807) is 23.6 Å². The number of nitrogens with one attached hydrogen (secondary N) is 3. The van der Waals surface area contributed by atoms with E-state index in [1.807, 2.05) is 37.4 Å². The maximum absolute atomic E-state index is 14.5. The van der Waals surface area contributed by atoms with E-state index in [-0.39, 0.29) is 17.3 Å². The third-order valence-electron chi connectivity index (χ3n) is 8.39. The number of hydrogen-bond acceptors (Lipinski definition) is 5. The molecule has 6 rings (SSSR count). The SMILES string of the molecule is CCCC1CC1(CNCc1c(F)cccc1OC)NC(=O)C1(C)C=Cc2[nH]nc(-c3ccc4nc#cn4c3)c2C1. The highest BCUT2D eigenvalue weighted by atomic mass is 19.1. The second kappa shape index (κ2) is 10.1. The van der Waals surface area contributed by atoms with E-state index in [0.29, 0.717) is 36.7 Å². The zero-order chi connectivity index (χ0) is 27.9. The fourth-order valence-corrected chi connectivity index (χ4v) is 5.94. The number of pyridine rings is 1. The molecule has 2 aliphatic rings. The van der Waals surface area contributed by atoms with Gasteiger partial charge in [-0.1, -0.05) is 25.5 Å². The van der Waals surface area contributed by atoms with Crippen molar-refractivity contribution in [1.82, 2.24) is 30.2 Å². The number of methoxy groups -OCH3 is 1. The first kappa shape index (κ1) is 26.1. The van der Waals surface area contributed by atoms with E-state index >= 15 is 0 Å². The van der Waals surface area contributed by atoms with Crippen LogP contribution in [-0.4, -0.2) is 44.7 Å². The molecule has 0 aliphatic heterocycles. The number of amides is 1. The fourth-order valence-electron chi connectivity index (χ4n) is 5.94. The molecule has 2 aliphatic carbocycles. The Morgan fingerprint density at radius 2 is 2.20 bits per heavy atom. The molecule has 9 heteroatoms. The van der Waals surface area contributed by atoms with Gasteiger partial charge in [-0.3, -0.25) is 14.3 Å². The summed E-state index contributed by atoms with van der Waals surface area (Å²) in [6.07, 6.45) is 15.0. The van der Waals surface area contributed by atoms with Crippen LogP contribution in [0.4, 0.5) is 4.39 Å². The molecule has 1 fully saturated rings. The molecule has 0 radical (unpaired) electrons. The van der Waals surface area contributed by atoms with Crippen molar-refractivity contribution in [2.75, 3.05) is 13.7 Å². The summed E-state index contributed by atoms with van der Waals surface area (Å²) < 4.78 is 21.6. The van der Waals surface area contributed by atoms with E-state index in [1.165, 1.54) is 6.07 Å². The van der Waals surface area contributed by atoms with E-state index in [0.717, 1.165) is 47.4 Å². The summed E-state index contributed by atoms with van der Waals surface area (Å²) in [6, 6.07) is 8.71. The number of ether oxygens (including phenoxy) is 1. The number of fused-ring (bicyclic) bond motifs is 2. The smallest absolute Gasteiger partial charge is 0.230 e. The highest BCUT2D eigenvalue weighted by molar-refractivity contribution is 5.88. The second-order valence-corrected chi connectivity index (χ2v) is 11.2. The normalized spacial score (nSPS) is 23.1. The molecular formula is C31H33FN6O2. The lowest BCUT2D eigenvalue weighted by Gasteiger charge is -2.31. The Kier molecular flexibility index (Phi) is 6.59. The number of carbonyl (C=O) groups is 1. The van der Waals surface area contributed by atoms with Crippen molar-refractivity contribution < 1.29 is 13.9 Å². The van der Waals surface area contributed by atoms with Crippen LogP contribution in [0, 0.1) is 29.5 Å². The Balaban J connectivity index is 1.19. The number of benzene rings is 1. The lowest BCUT2D eigenvalue weighted by Crippen LogP contribution is -2.51. The van der Waals surface area contributed by atoms with E-state index in [4.69, 9.17) is 4.74 Å². The quantitative estimate of drug-likeness (QED) is 0.275. The number of rotatable bonds is 10. The third kappa shape index (κ3) is 4.62. The van der Waals surface area contributed by atoms with Gasteiger partial charge < -0.3 is 15.4 Å². The average molecular weight is 541 g/mol. The van der Waals surface area contributed by atoms with E-state index in [2.05, 4.69) is 45.1 Å². The predicted molar refractivity (Wildman–Crippen MR) is 150 cm³/mol. The molecule has 206 valence electrons. The Bertz CT molecular complexity index is 1590. The number of H-pyrrole nitrogens is 1. The molecular weight excluding hydrogens is 507 g/mol. The number of nitrogens with zero attached hydrogens (tertiary/aromatic N) is 3. The average Bonchev–Trinajstić information content (AvgIpc) is 3.27. The minimum atomic E-state index is -0.744. The highest BCUT2D eigenvalue weighted by Gasteiger charge is 2.55. The van der Waals surface area contributed by atoms with Gasteiger partial charge in [0.25, 0.3) is 0 Å². The molecule has 3 aromatic heterocycles. The first-order chi connectivity index (χ1) is 19.4. The lowest BCUT2D eigenvalue weighted by molar-refractivity contribution is -0.129. The van der Waals surface area contributed by atoms with Gasteiger partial charge in [-0.2, -0.15) is 10.1 Å². The van der Waals surface area contributed by atoms with Gasteiger partial charge in [0.05, 0.1) is 35.6 Å². The van der Waals surface area contributed by atoms with Crippen molar-refractivity contribution in [2.24, 2.45) is 11.3 Å². The molecule has 3 unspecified atom stereocenters. The summed E-state index contributed by atoms with van der Waals surface area (Å²) in [4.78, 5) is 18.1. The third-order valence-corrected chi connectivity index (χ3v) is 8.39. The maximum Gasteiger partial charge on any atom is 0.230 e. The second-order valence-electron chi connectivity index (χ2n) is 11.2. The molecule has 40 heavy (non-hydrogen) atoms. The van der Waals surface area contributed by atoms with Crippen molar-refractivity contribution >= 4 is 17.6 Å². The first-order valence-electron chi connectivity index (χ1n) is 13.7. The van der Waals surface area contributed by atoms with Crippen molar-refractivity contribution in [2.45, 2.75) is 51.6 Å². The Labute approximate surface area is 233 Å². The summed E-state index contributed by atoms with van der Waals surface area (Å²) in [7, 11) is 1.54. The van der Waals surface area contributed by atoms with Gasteiger partial charge in [0, 0.05) is 42.2 Å². The Hall–Kier alpha value is -4.16. The molecule has 0 saturated heterocycles. The van der Waals surface area contributed by atoms with Crippen molar-refractivity contribution in [3.8, 4) is 17.0 Å². The van der Waals surface area contributed by atoms with Crippen LogP contribution in [0.3, 0.4) is 0 Å². The van der Waals surface area contributed by atoms with Crippen molar-refractivity contribution in [1.29, 1.82) is 0 Å². The van der Waals surface area contributed by atoms with Crippen LogP contribution in [0.25, 0.3) is 23.0 Å². The Morgan fingerprint density at radius 3 is 3.02 bits per heavy atom. The largest absolute Gasteiger partial charge is 0.496 e. The number of hydrogen-bond donors (Lipinski definition) is 3. The van der Waals surface area contributed by atoms with Gasteiger partial charge >= 0.3 is 0 Å². The predicted octanol–water partition coefficient (Wildman–Crippen LogP) is 4.51. The maximum atomic E-state index is 14.5. The minimum Gasteiger partial charge on any atom is -0.496 e. The van der Waals surface area contributed by atoms with Crippen LogP contribution in [0.5, 0.6) is 5.75 Å². The van der Waals surface area contributed by atoms with E-state index < -0.39 is 5.41 Å². The van der Waals surface area contributed by atoms with E-state index in [9.17, 15) is 9.18 Å². The summed E-state index contributed by atoms with van der Waals surface area (Å²) in [5.74, 6) is 0.572. The standard InChI is InChI=1S/C31H33FN6O2/c1-4-6-21-15-31(21,19-33-17-23-24(32)7-5-8-26(23)40-3)35-29(39)30(2)12-11-25-22(16-30)28(37-36-25)20-9-10-27-34-13-14-38(27)18-20/h5,7-12,18,21,33H,4,6,15-17,19H2,1-3H3,(H,35,39)(H,36,37). The van der Waals surface area contributed by atoms with Crippen molar-refractivity contribution in [3.05, 3.63) is 77.6 Å². The molecule has 8 nitrogen and oxygen atoms in total. The van der Waals surface area contributed by atoms with Crippen LogP contribution in [0.2, 0.25) is 0 Å². The van der Waals surface area contributed by atoms with Gasteiger partial charge in [0.1, 0.15) is 11.6 Å². The Morgan fingerprint density at radius 1 is 1.32 bits per heavy atom. The number of aromatic nitrogens is 4. The lowest BCUT2D eigenvalue weighted by atomic mass is 9.77. The first-order valence-corrected chi connectivity index (χ1v) is 13.7. The number of aromatic amines is 1. The van der Waals surface area contributed by atoms with Crippen LogP contribution in [0.1, 0.15) is 49.9 Å². The molecule has 1 amide bonds. The molecule has 3 N–H and O–H groups in total. The molecule has 1 saturated carbocycles. The minimum absolute atomic E-state index is 0.0154. The number of carbonyl (C=O) groups excluding carboxylic acids is 1. The van der Waals surface area contributed by atoms with Crippen LogP contribution < -0.4 is 15.4 Å². The number of halogens is 1. The molecule has 3 heterocycles. The summed E-state index contributed by atoms with van der Waals surface area (Å²) in [6.45, 7) is 5.01. The molecule has 4 aromatic rings.